The molecule has 1 aliphatic carbocycles. The number of nitrogens with zero attached hydrogens (tertiary/aromatic N) is 2. The standard InChI is InChI=1S/C11H16N2OS/c1-9-4-7-12-10(13-9)15-8-11(14)5-2-3-6-11/h4,7,14H,2-3,5-6,8H2,1H3. The summed E-state index contributed by atoms with van der Waals surface area (Å²) < 4.78 is 0. The minimum absolute atomic E-state index is 0.474. The Hall–Kier alpha value is -0.610. The monoisotopic (exact) mass is 224 g/mol. The molecular weight excluding hydrogens is 208 g/mol. The van der Waals surface area contributed by atoms with Crippen molar-refractivity contribution in [3.8, 4) is 0 Å². The first-order chi connectivity index (χ1) is 7.18. The van der Waals surface area contributed by atoms with Gasteiger partial charge in [0.1, 0.15) is 0 Å². The van der Waals surface area contributed by atoms with E-state index in [0.29, 0.717) is 0 Å². The molecule has 0 amide bonds. The molecule has 1 saturated carbocycles. The topological polar surface area (TPSA) is 46.0 Å². The molecule has 1 aliphatic rings. The molecule has 0 atom stereocenters. The molecule has 0 aromatic carbocycles. The van der Waals surface area contributed by atoms with E-state index in [1.807, 2.05) is 13.0 Å². The predicted molar refractivity (Wildman–Crippen MR) is 60.9 cm³/mol. The van der Waals surface area contributed by atoms with E-state index in [0.717, 1.165) is 42.3 Å². The summed E-state index contributed by atoms with van der Waals surface area (Å²) >= 11 is 1.56. The summed E-state index contributed by atoms with van der Waals surface area (Å²) in [5.41, 5.74) is 0.503. The van der Waals surface area contributed by atoms with Gasteiger partial charge in [-0.2, -0.15) is 0 Å². The molecule has 0 unspecified atom stereocenters. The Morgan fingerprint density at radius 3 is 2.87 bits per heavy atom. The van der Waals surface area contributed by atoms with Gasteiger partial charge < -0.3 is 5.11 Å². The van der Waals surface area contributed by atoms with E-state index < -0.39 is 5.60 Å². The first-order valence-electron chi connectivity index (χ1n) is 5.33. The number of hydrogen-bond donors (Lipinski definition) is 1. The van der Waals surface area contributed by atoms with Crippen molar-refractivity contribution in [3.63, 3.8) is 0 Å². The molecule has 3 nitrogen and oxygen atoms in total. The van der Waals surface area contributed by atoms with Crippen molar-refractivity contribution < 1.29 is 5.11 Å². The molecular formula is C11H16N2OS. The van der Waals surface area contributed by atoms with Crippen molar-refractivity contribution in [2.45, 2.75) is 43.4 Å². The second-order valence-corrected chi connectivity index (χ2v) is 5.14. The van der Waals surface area contributed by atoms with E-state index in [9.17, 15) is 5.11 Å². The third kappa shape index (κ3) is 2.92. The van der Waals surface area contributed by atoms with Crippen LogP contribution in [0.1, 0.15) is 31.4 Å². The van der Waals surface area contributed by atoms with Gasteiger partial charge in [-0.3, -0.25) is 0 Å². The van der Waals surface area contributed by atoms with Gasteiger partial charge in [0, 0.05) is 17.6 Å². The number of rotatable bonds is 3. The van der Waals surface area contributed by atoms with Crippen LogP contribution in [0.3, 0.4) is 0 Å². The van der Waals surface area contributed by atoms with E-state index in [1.165, 1.54) is 0 Å². The molecule has 1 N–H and O–H groups in total. The van der Waals surface area contributed by atoms with Gasteiger partial charge in [-0.05, 0) is 25.8 Å². The number of thioether (sulfide) groups is 1. The van der Waals surface area contributed by atoms with Crippen molar-refractivity contribution in [2.24, 2.45) is 0 Å². The number of aliphatic hydroxyl groups is 1. The lowest BCUT2D eigenvalue weighted by molar-refractivity contribution is 0.0732. The molecule has 0 bridgehead atoms. The second-order valence-electron chi connectivity index (χ2n) is 4.20. The lowest BCUT2D eigenvalue weighted by Crippen LogP contribution is -2.27. The zero-order valence-electron chi connectivity index (χ0n) is 8.94. The molecule has 0 saturated heterocycles. The molecule has 4 heteroatoms. The van der Waals surface area contributed by atoms with E-state index >= 15 is 0 Å². The highest BCUT2D eigenvalue weighted by molar-refractivity contribution is 7.99. The van der Waals surface area contributed by atoms with Crippen LogP contribution in [0, 0.1) is 6.92 Å². The van der Waals surface area contributed by atoms with Gasteiger partial charge in [0.25, 0.3) is 0 Å². The van der Waals surface area contributed by atoms with Gasteiger partial charge in [-0.25, -0.2) is 9.97 Å². The van der Waals surface area contributed by atoms with E-state index in [2.05, 4.69) is 9.97 Å². The Labute approximate surface area is 94.3 Å². The largest absolute Gasteiger partial charge is 0.389 e. The SMILES string of the molecule is Cc1ccnc(SCC2(O)CCCC2)n1. The maximum Gasteiger partial charge on any atom is 0.187 e. The summed E-state index contributed by atoms with van der Waals surface area (Å²) in [4.78, 5) is 8.48. The van der Waals surface area contributed by atoms with E-state index in [1.54, 1.807) is 18.0 Å². The average molecular weight is 224 g/mol. The van der Waals surface area contributed by atoms with E-state index in [-0.39, 0.29) is 0 Å². The summed E-state index contributed by atoms with van der Waals surface area (Å²) in [5, 5.41) is 10.9. The van der Waals surface area contributed by atoms with Crippen LogP contribution in [0.15, 0.2) is 17.4 Å². The fourth-order valence-electron chi connectivity index (χ4n) is 1.87. The van der Waals surface area contributed by atoms with Crippen molar-refractivity contribution in [1.82, 2.24) is 9.97 Å². The van der Waals surface area contributed by atoms with Gasteiger partial charge in [-0.1, -0.05) is 24.6 Å². The van der Waals surface area contributed by atoms with Crippen LogP contribution in [0.5, 0.6) is 0 Å². The molecule has 1 aromatic heterocycles. The van der Waals surface area contributed by atoms with E-state index in [4.69, 9.17) is 0 Å². The minimum atomic E-state index is -0.474. The quantitative estimate of drug-likeness (QED) is 0.631. The first-order valence-corrected chi connectivity index (χ1v) is 6.31. The number of hydrogen-bond acceptors (Lipinski definition) is 4. The van der Waals surface area contributed by atoms with Crippen LogP contribution in [-0.4, -0.2) is 26.4 Å². The fourth-order valence-corrected chi connectivity index (χ4v) is 2.90. The summed E-state index contributed by atoms with van der Waals surface area (Å²) in [6.07, 6.45) is 5.90. The highest BCUT2D eigenvalue weighted by Crippen LogP contribution is 2.33. The highest BCUT2D eigenvalue weighted by atomic mass is 32.2. The highest BCUT2D eigenvalue weighted by Gasteiger charge is 2.31. The molecule has 0 radical (unpaired) electrons. The third-order valence-corrected chi connectivity index (χ3v) is 3.91. The van der Waals surface area contributed by atoms with Crippen LogP contribution in [-0.2, 0) is 0 Å². The summed E-state index contributed by atoms with van der Waals surface area (Å²) in [7, 11) is 0. The number of aryl methyl sites for hydroxylation is 1. The summed E-state index contributed by atoms with van der Waals surface area (Å²) in [5.74, 6) is 0.719. The van der Waals surface area contributed by atoms with Crippen LogP contribution < -0.4 is 0 Å². The van der Waals surface area contributed by atoms with Gasteiger partial charge in [0.2, 0.25) is 0 Å². The smallest absolute Gasteiger partial charge is 0.187 e. The Bertz CT molecular complexity index is 337. The van der Waals surface area contributed by atoms with Crippen LogP contribution in [0.25, 0.3) is 0 Å². The zero-order valence-corrected chi connectivity index (χ0v) is 9.76. The molecule has 2 rings (SSSR count). The molecule has 1 aromatic rings. The Balaban J connectivity index is 1.92. The van der Waals surface area contributed by atoms with Gasteiger partial charge in [0.15, 0.2) is 5.16 Å². The normalized spacial score (nSPS) is 19.3. The lowest BCUT2D eigenvalue weighted by atomic mass is 10.1. The van der Waals surface area contributed by atoms with Crippen molar-refractivity contribution >= 4 is 11.8 Å². The van der Waals surface area contributed by atoms with Gasteiger partial charge >= 0.3 is 0 Å². The molecule has 82 valence electrons. The summed E-state index contributed by atoms with van der Waals surface area (Å²) in [6.45, 7) is 1.95. The van der Waals surface area contributed by atoms with Gasteiger partial charge in [-0.15, -0.1) is 0 Å². The second kappa shape index (κ2) is 4.49. The molecule has 1 heterocycles. The van der Waals surface area contributed by atoms with Crippen LogP contribution in [0.4, 0.5) is 0 Å². The minimum Gasteiger partial charge on any atom is -0.389 e. The van der Waals surface area contributed by atoms with Crippen LogP contribution in [0.2, 0.25) is 0 Å². The van der Waals surface area contributed by atoms with Crippen molar-refractivity contribution in [2.75, 3.05) is 5.75 Å². The zero-order chi connectivity index (χ0) is 10.7. The van der Waals surface area contributed by atoms with Crippen LogP contribution >= 0.6 is 11.8 Å². The predicted octanol–water partition coefficient (Wildman–Crippen LogP) is 2.18. The number of aromatic nitrogens is 2. The van der Waals surface area contributed by atoms with Crippen molar-refractivity contribution in [1.29, 1.82) is 0 Å². The maximum atomic E-state index is 10.1. The molecule has 15 heavy (non-hydrogen) atoms. The Morgan fingerprint density at radius 2 is 2.20 bits per heavy atom. The van der Waals surface area contributed by atoms with Gasteiger partial charge in [0.05, 0.1) is 5.60 Å². The Kier molecular flexibility index (Phi) is 3.26. The molecule has 0 spiro atoms. The maximum absolute atomic E-state index is 10.1. The summed E-state index contributed by atoms with van der Waals surface area (Å²) in [6, 6.07) is 1.88. The Morgan fingerprint density at radius 1 is 1.47 bits per heavy atom. The average Bonchev–Trinajstić information content (AvgIpc) is 2.63. The fraction of sp³-hybridized carbons (Fsp3) is 0.636. The van der Waals surface area contributed by atoms with Crippen molar-refractivity contribution in [3.05, 3.63) is 18.0 Å². The lowest BCUT2D eigenvalue weighted by Gasteiger charge is -2.20. The molecule has 1 fully saturated rings. The molecule has 0 aliphatic heterocycles. The third-order valence-electron chi connectivity index (χ3n) is 2.78. The first kappa shape index (κ1) is 10.9.